The molecule has 108 valence electrons. The molecule has 0 aliphatic heterocycles. The molecule has 2 rings (SSSR count). The molecule has 0 amide bonds. The van der Waals surface area contributed by atoms with Gasteiger partial charge in [0.1, 0.15) is 5.54 Å². The second kappa shape index (κ2) is 5.35. The molecule has 1 saturated carbocycles. The Hall–Kier alpha value is -1.70. The average molecular weight is 282 g/mol. The maximum absolute atomic E-state index is 12.9. The number of nitriles is 1. The van der Waals surface area contributed by atoms with E-state index in [1.54, 1.807) is 12.1 Å². The van der Waals surface area contributed by atoms with E-state index in [0.717, 1.165) is 5.56 Å². The van der Waals surface area contributed by atoms with Crippen molar-refractivity contribution in [3.8, 4) is 6.07 Å². The topological polar surface area (TPSA) is 35.8 Å². The minimum absolute atomic E-state index is 0.114. The van der Waals surface area contributed by atoms with Crippen molar-refractivity contribution in [2.45, 2.75) is 44.3 Å². The van der Waals surface area contributed by atoms with Gasteiger partial charge in [0.05, 0.1) is 12.0 Å². The SMILES string of the molecule is Cc1ccc(NC2(C#N)CCCC(C(F)(F)F)C2)cc1. The first-order chi connectivity index (χ1) is 9.35. The number of benzene rings is 1. The van der Waals surface area contributed by atoms with Gasteiger partial charge in [-0.25, -0.2) is 0 Å². The van der Waals surface area contributed by atoms with E-state index in [1.807, 2.05) is 19.1 Å². The first-order valence-electron chi connectivity index (χ1n) is 6.67. The van der Waals surface area contributed by atoms with E-state index in [0.29, 0.717) is 18.5 Å². The smallest absolute Gasteiger partial charge is 0.367 e. The van der Waals surface area contributed by atoms with Crippen LogP contribution in [0.25, 0.3) is 0 Å². The lowest BCUT2D eigenvalue weighted by atomic mass is 9.76. The van der Waals surface area contributed by atoms with Gasteiger partial charge in [0.2, 0.25) is 0 Å². The van der Waals surface area contributed by atoms with Gasteiger partial charge < -0.3 is 5.32 Å². The summed E-state index contributed by atoms with van der Waals surface area (Å²) in [6.45, 7) is 1.93. The Morgan fingerprint density at radius 2 is 1.95 bits per heavy atom. The third kappa shape index (κ3) is 3.24. The van der Waals surface area contributed by atoms with Crippen molar-refractivity contribution in [2.75, 3.05) is 5.32 Å². The van der Waals surface area contributed by atoms with Gasteiger partial charge in [-0.2, -0.15) is 18.4 Å². The molecule has 1 N–H and O–H groups in total. The fourth-order valence-electron chi connectivity index (χ4n) is 2.71. The van der Waals surface area contributed by atoms with Crippen LogP contribution in [-0.2, 0) is 0 Å². The van der Waals surface area contributed by atoms with Gasteiger partial charge >= 0.3 is 6.18 Å². The van der Waals surface area contributed by atoms with Gasteiger partial charge in [-0.3, -0.25) is 0 Å². The second-order valence-corrected chi connectivity index (χ2v) is 5.52. The summed E-state index contributed by atoms with van der Waals surface area (Å²) in [6, 6.07) is 9.41. The van der Waals surface area contributed by atoms with Gasteiger partial charge in [-0.05, 0) is 44.7 Å². The van der Waals surface area contributed by atoms with Crippen LogP contribution in [0.2, 0.25) is 0 Å². The second-order valence-electron chi connectivity index (χ2n) is 5.52. The summed E-state index contributed by atoms with van der Waals surface area (Å²) >= 11 is 0. The van der Waals surface area contributed by atoms with E-state index in [9.17, 15) is 18.4 Å². The number of alkyl halides is 3. The van der Waals surface area contributed by atoms with Gasteiger partial charge in [0.15, 0.2) is 0 Å². The molecule has 1 aromatic rings. The monoisotopic (exact) mass is 282 g/mol. The molecule has 0 saturated heterocycles. The van der Waals surface area contributed by atoms with Crippen LogP contribution >= 0.6 is 0 Å². The first kappa shape index (κ1) is 14.7. The van der Waals surface area contributed by atoms with Crippen LogP contribution in [0.5, 0.6) is 0 Å². The molecule has 20 heavy (non-hydrogen) atoms. The van der Waals surface area contributed by atoms with Crippen molar-refractivity contribution in [3.05, 3.63) is 29.8 Å². The number of hydrogen-bond donors (Lipinski definition) is 1. The minimum atomic E-state index is -4.22. The molecule has 2 nitrogen and oxygen atoms in total. The molecule has 0 heterocycles. The van der Waals surface area contributed by atoms with Crippen LogP contribution < -0.4 is 5.32 Å². The molecular weight excluding hydrogens is 265 g/mol. The zero-order valence-electron chi connectivity index (χ0n) is 11.3. The minimum Gasteiger partial charge on any atom is -0.367 e. The molecule has 0 spiro atoms. The lowest BCUT2D eigenvalue weighted by Crippen LogP contribution is -2.45. The standard InChI is InChI=1S/C15H17F3N2/c1-11-4-6-13(7-5-11)20-14(10-19)8-2-3-12(9-14)15(16,17)18/h4-7,12,20H,2-3,8-9H2,1H3. The van der Waals surface area contributed by atoms with Crippen LogP contribution in [0.1, 0.15) is 31.2 Å². The highest BCUT2D eigenvalue weighted by Crippen LogP contribution is 2.42. The number of halogens is 3. The van der Waals surface area contributed by atoms with Crippen molar-refractivity contribution in [1.29, 1.82) is 5.26 Å². The molecule has 2 atom stereocenters. The molecule has 0 aromatic heterocycles. The Bertz CT molecular complexity index is 501. The first-order valence-corrected chi connectivity index (χ1v) is 6.67. The third-order valence-electron chi connectivity index (χ3n) is 3.86. The predicted octanol–water partition coefficient (Wildman–Crippen LogP) is 4.42. The summed E-state index contributed by atoms with van der Waals surface area (Å²) in [5.74, 6) is -1.39. The number of hydrogen-bond acceptors (Lipinski definition) is 2. The molecular formula is C15H17F3N2. The molecule has 0 radical (unpaired) electrons. The van der Waals surface area contributed by atoms with Gasteiger partial charge in [-0.15, -0.1) is 0 Å². The normalized spacial score (nSPS) is 26.9. The lowest BCUT2D eigenvalue weighted by molar-refractivity contribution is -0.184. The highest BCUT2D eigenvalue weighted by molar-refractivity contribution is 5.49. The van der Waals surface area contributed by atoms with Crippen molar-refractivity contribution >= 4 is 5.69 Å². The predicted molar refractivity (Wildman–Crippen MR) is 71.2 cm³/mol. The van der Waals surface area contributed by atoms with Crippen molar-refractivity contribution < 1.29 is 13.2 Å². The molecule has 1 aliphatic carbocycles. The lowest BCUT2D eigenvalue weighted by Gasteiger charge is -2.37. The summed E-state index contributed by atoms with van der Waals surface area (Å²) in [6.07, 6.45) is -3.43. The Morgan fingerprint density at radius 3 is 2.50 bits per heavy atom. The molecule has 2 unspecified atom stereocenters. The summed E-state index contributed by atoms with van der Waals surface area (Å²) in [5, 5.41) is 12.4. The van der Waals surface area contributed by atoms with E-state index < -0.39 is 17.6 Å². The Balaban J connectivity index is 2.17. The van der Waals surface area contributed by atoms with Crippen molar-refractivity contribution in [2.24, 2.45) is 5.92 Å². The van der Waals surface area contributed by atoms with E-state index in [-0.39, 0.29) is 12.8 Å². The number of nitrogens with zero attached hydrogens (tertiary/aromatic N) is 1. The zero-order valence-corrected chi connectivity index (χ0v) is 11.3. The van der Waals surface area contributed by atoms with Gasteiger partial charge in [0, 0.05) is 5.69 Å². The largest absolute Gasteiger partial charge is 0.391 e. The molecule has 0 bridgehead atoms. The maximum Gasteiger partial charge on any atom is 0.391 e. The third-order valence-corrected chi connectivity index (χ3v) is 3.86. The highest BCUT2D eigenvalue weighted by Gasteiger charge is 2.48. The van der Waals surface area contributed by atoms with E-state index >= 15 is 0 Å². The summed E-state index contributed by atoms with van der Waals surface area (Å²) in [4.78, 5) is 0. The number of nitrogens with one attached hydrogen (secondary N) is 1. The van der Waals surface area contributed by atoms with Crippen LogP contribution in [0.15, 0.2) is 24.3 Å². The van der Waals surface area contributed by atoms with Crippen molar-refractivity contribution in [3.63, 3.8) is 0 Å². The fraction of sp³-hybridized carbons (Fsp3) is 0.533. The maximum atomic E-state index is 12.9. The van der Waals surface area contributed by atoms with Crippen LogP contribution in [0.3, 0.4) is 0 Å². The summed E-state index contributed by atoms with van der Waals surface area (Å²) in [7, 11) is 0. The number of anilines is 1. The number of rotatable bonds is 2. The molecule has 5 heteroatoms. The van der Waals surface area contributed by atoms with Crippen LogP contribution in [0.4, 0.5) is 18.9 Å². The summed E-state index contributed by atoms with van der Waals surface area (Å²) in [5.41, 5.74) is 0.645. The Kier molecular flexibility index (Phi) is 3.94. The zero-order chi connectivity index (χ0) is 14.8. The Morgan fingerprint density at radius 1 is 1.30 bits per heavy atom. The van der Waals surface area contributed by atoms with Crippen LogP contribution in [0, 0.1) is 24.2 Å². The van der Waals surface area contributed by atoms with Gasteiger partial charge in [0.25, 0.3) is 0 Å². The quantitative estimate of drug-likeness (QED) is 0.871. The summed E-state index contributed by atoms with van der Waals surface area (Å²) < 4.78 is 38.6. The fourth-order valence-corrected chi connectivity index (χ4v) is 2.71. The molecule has 1 fully saturated rings. The average Bonchev–Trinajstić information content (AvgIpc) is 2.41. The van der Waals surface area contributed by atoms with Crippen LogP contribution in [-0.4, -0.2) is 11.7 Å². The van der Waals surface area contributed by atoms with Crippen molar-refractivity contribution in [1.82, 2.24) is 0 Å². The highest BCUT2D eigenvalue weighted by atomic mass is 19.4. The molecule has 1 aromatic carbocycles. The molecule has 1 aliphatic rings. The Labute approximate surface area is 116 Å². The van der Waals surface area contributed by atoms with E-state index in [1.165, 1.54) is 0 Å². The van der Waals surface area contributed by atoms with E-state index in [4.69, 9.17) is 0 Å². The number of aryl methyl sites for hydroxylation is 1. The van der Waals surface area contributed by atoms with Gasteiger partial charge in [-0.1, -0.05) is 17.7 Å². The van der Waals surface area contributed by atoms with E-state index in [2.05, 4.69) is 11.4 Å².